The molecule has 2 N–H and O–H groups in total. The highest BCUT2D eigenvalue weighted by Gasteiger charge is 2.15. The number of furan rings is 1. The Kier molecular flexibility index (Phi) is 2.98. The van der Waals surface area contributed by atoms with Crippen molar-refractivity contribution in [2.75, 3.05) is 16.4 Å². The van der Waals surface area contributed by atoms with E-state index < -0.39 is 0 Å². The van der Waals surface area contributed by atoms with Gasteiger partial charge in [-0.15, -0.1) is 11.8 Å². The van der Waals surface area contributed by atoms with Gasteiger partial charge in [-0.1, -0.05) is 0 Å². The highest BCUT2D eigenvalue weighted by molar-refractivity contribution is 8.00. The minimum Gasteiger partial charge on any atom is -0.467 e. The summed E-state index contributed by atoms with van der Waals surface area (Å²) in [6.45, 7) is 0.632. The number of carbonyl (C=O) groups is 1. The van der Waals surface area contributed by atoms with Gasteiger partial charge in [-0.2, -0.15) is 0 Å². The molecule has 0 aliphatic carbocycles. The van der Waals surface area contributed by atoms with E-state index in [0.717, 1.165) is 22.0 Å². The number of anilines is 2. The zero-order valence-corrected chi connectivity index (χ0v) is 10.4. The van der Waals surface area contributed by atoms with E-state index in [4.69, 9.17) is 4.42 Å². The zero-order valence-electron chi connectivity index (χ0n) is 9.60. The lowest BCUT2D eigenvalue weighted by Crippen LogP contribution is -2.18. The summed E-state index contributed by atoms with van der Waals surface area (Å²) < 4.78 is 5.25. The molecule has 0 spiro atoms. The monoisotopic (exact) mass is 260 g/mol. The third-order valence-corrected chi connectivity index (χ3v) is 3.73. The van der Waals surface area contributed by atoms with Crippen LogP contribution in [0.3, 0.4) is 0 Å². The average molecular weight is 260 g/mol. The van der Waals surface area contributed by atoms with Crippen molar-refractivity contribution in [3.63, 3.8) is 0 Å². The van der Waals surface area contributed by atoms with Gasteiger partial charge in [0, 0.05) is 10.6 Å². The molecule has 1 aliphatic heterocycles. The van der Waals surface area contributed by atoms with Crippen molar-refractivity contribution < 1.29 is 9.21 Å². The molecule has 0 fully saturated rings. The first-order valence-corrected chi connectivity index (χ1v) is 6.63. The largest absolute Gasteiger partial charge is 0.467 e. The maximum Gasteiger partial charge on any atom is 0.234 e. The number of benzene rings is 1. The van der Waals surface area contributed by atoms with Crippen LogP contribution in [0.2, 0.25) is 0 Å². The third kappa shape index (κ3) is 2.36. The van der Waals surface area contributed by atoms with Crippen molar-refractivity contribution in [3.05, 3.63) is 42.4 Å². The molecule has 0 radical (unpaired) electrons. The molecule has 2 aromatic rings. The maximum absolute atomic E-state index is 11.3. The molecule has 0 unspecified atom stereocenters. The lowest BCUT2D eigenvalue weighted by atomic mass is 10.2. The van der Waals surface area contributed by atoms with Crippen molar-refractivity contribution in [2.45, 2.75) is 11.4 Å². The van der Waals surface area contributed by atoms with Crippen LogP contribution in [-0.2, 0) is 11.3 Å². The zero-order chi connectivity index (χ0) is 12.4. The fraction of sp³-hybridized carbons (Fsp3) is 0.154. The first kappa shape index (κ1) is 11.2. The van der Waals surface area contributed by atoms with Crippen LogP contribution in [0.1, 0.15) is 5.76 Å². The number of hydrogen-bond acceptors (Lipinski definition) is 4. The SMILES string of the molecule is O=C1CSc2ccc(NCc3ccco3)cc2N1. The summed E-state index contributed by atoms with van der Waals surface area (Å²) in [5.41, 5.74) is 1.84. The lowest BCUT2D eigenvalue weighted by Gasteiger charge is -2.17. The van der Waals surface area contributed by atoms with Crippen molar-refractivity contribution in [1.29, 1.82) is 0 Å². The number of carbonyl (C=O) groups excluding carboxylic acids is 1. The Balaban J connectivity index is 1.73. The summed E-state index contributed by atoms with van der Waals surface area (Å²) in [7, 11) is 0. The summed E-state index contributed by atoms with van der Waals surface area (Å²) in [5.74, 6) is 1.42. The molecule has 0 saturated heterocycles. The average Bonchev–Trinajstić information content (AvgIpc) is 2.89. The van der Waals surface area contributed by atoms with E-state index in [0.29, 0.717) is 12.3 Å². The van der Waals surface area contributed by atoms with Crippen LogP contribution in [0.15, 0.2) is 45.9 Å². The molecule has 0 saturated carbocycles. The Morgan fingerprint density at radius 2 is 2.33 bits per heavy atom. The normalized spacial score (nSPS) is 13.9. The van der Waals surface area contributed by atoms with Gasteiger partial charge >= 0.3 is 0 Å². The Bertz CT molecular complexity index is 566. The van der Waals surface area contributed by atoms with Crippen LogP contribution in [0.5, 0.6) is 0 Å². The molecule has 3 rings (SSSR count). The molecule has 0 atom stereocenters. The number of nitrogens with one attached hydrogen (secondary N) is 2. The topological polar surface area (TPSA) is 54.3 Å². The number of thioether (sulfide) groups is 1. The Hall–Kier alpha value is -1.88. The van der Waals surface area contributed by atoms with E-state index in [1.165, 1.54) is 0 Å². The van der Waals surface area contributed by atoms with Crippen LogP contribution in [-0.4, -0.2) is 11.7 Å². The van der Waals surface area contributed by atoms with Crippen LogP contribution in [0.4, 0.5) is 11.4 Å². The molecular formula is C13H12N2O2S. The third-order valence-electron chi connectivity index (χ3n) is 2.66. The van der Waals surface area contributed by atoms with Crippen molar-refractivity contribution in [3.8, 4) is 0 Å². The molecule has 5 heteroatoms. The number of amides is 1. The van der Waals surface area contributed by atoms with Gasteiger partial charge in [0.15, 0.2) is 0 Å². The van der Waals surface area contributed by atoms with Gasteiger partial charge < -0.3 is 15.1 Å². The van der Waals surface area contributed by atoms with Crippen LogP contribution >= 0.6 is 11.8 Å². The second-order valence-electron chi connectivity index (χ2n) is 3.98. The van der Waals surface area contributed by atoms with Crippen molar-refractivity contribution in [1.82, 2.24) is 0 Å². The molecule has 4 nitrogen and oxygen atoms in total. The Morgan fingerprint density at radius 1 is 1.39 bits per heavy atom. The van der Waals surface area contributed by atoms with Gasteiger partial charge in [0.05, 0.1) is 24.2 Å². The van der Waals surface area contributed by atoms with E-state index in [1.54, 1.807) is 18.0 Å². The van der Waals surface area contributed by atoms with Gasteiger partial charge in [-0.25, -0.2) is 0 Å². The van der Waals surface area contributed by atoms with Gasteiger partial charge in [-0.05, 0) is 30.3 Å². The van der Waals surface area contributed by atoms with Gasteiger partial charge in [0.1, 0.15) is 5.76 Å². The molecule has 92 valence electrons. The lowest BCUT2D eigenvalue weighted by molar-refractivity contribution is -0.113. The van der Waals surface area contributed by atoms with Crippen LogP contribution in [0.25, 0.3) is 0 Å². The fourth-order valence-corrected chi connectivity index (χ4v) is 2.58. The second-order valence-corrected chi connectivity index (χ2v) is 5.00. The summed E-state index contributed by atoms with van der Waals surface area (Å²) in [5, 5.41) is 6.13. The molecule has 1 aromatic carbocycles. The number of rotatable bonds is 3. The highest BCUT2D eigenvalue weighted by Crippen LogP contribution is 2.33. The number of fused-ring (bicyclic) bond motifs is 1. The second kappa shape index (κ2) is 4.78. The fourth-order valence-electron chi connectivity index (χ4n) is 1.80. The molecule has 18 heavy (non-hydrogen) atoms. The Morgan fingerprint density at radius 3 is 3.17 bits per heavy atom. The van der Waals surface area contributed by atoms with Gasteiger partial charge in [0.25, 0.3) is 0 Å². The van der Waals surface area contributed by atoms with Gasteiger partial charge in [-0.3, -0.25) is 4.79 Å². The highest BCUT2D eigenvalue weighted by atomic mass is 32.2. The summed E-state index contributed by atoms with van der Waals surface area (Å²) in [6, 6.07) is 9.75. The molecular weight excluding hydrogens is 248 g/mol. The van der Waals surface area contributed by atoms with E-state index in [1.807, 2.05) is 30.3 Å². The van der Waals surface area contributed by atoms with E-state index in [2.05, 4.69) is 10.6 Å². The van der Waals surface area contributed by atoms with Crippen molar-refractivity contribution >= 4 is 29.0 Å². The maximum atomic E-state index is 11.3. The van der Waals surface area contributed by atoms with Crippen LogP contribution < -0.4 is 10.6 Å². The van der Waals surface area contributed by atoms with Crippen molar-refractivity contribution in [2.24, 2.45) is 0 Å². The van der Waals surface area contributed by atoms with E-state index in [-0.39, 0.29) is 5.91 Å². The van der Waals surface area contributed by atoms with Crippen LogP contribution in [0, 0.1) is 0 Å². The van der Waals surface area contributed by atoms with E-state index in [9.17, 15) is 4.79 Å². The molecule has 2 heterocycles. The minimum atomic E-state index is 0.0516. The predicted octanol–water partition coefficient (Wildman–Crippen LogP) is 2.94. The first-order valence-electron chi connectivity index (χ1n) is 5.64. The van der Waals surface area contributed by atoms with E-state index >= 15 is 0 Å². The van der Waals surface area contributed by atoms with Gasteiger partial charge in [0.2, 0.25) is 5.91 Å². The summed E-state index contributed by atoms with van der Waals surface area (Å²) in [4.78, 5) is 12.4. The molecule has 1 aliphatic rings. The smallest absolute Gasteiger partial charge is 0.234 e. The number of hydrogen-bond donors (Lipinski definition) is 2. The summed E-state index contributed by atoms with van der Waals surface area (Å²) >= 11 is 1.56. The molecule has 1 amide bonds. The minimum absolute atomic E-state index is 0.0516. The predicted molar refractivity (Wildman–Crippen MR) is 71.8 cm³/mol. The standard InChI is InChI=1S/C13H12N2O2S/c16-13-8-18-12-4-3-9(6-11(12)15-13)14-7-10-2-1-5-17-10/h1-6,14H,7-8H2,(H,15,16). The first-order chi connectivity index (χ1) is 8.81. The quantitative estimate of drug-likeness (QED) is 0.891. The molecule has 1 aromatic heterocycles. The summed E-state index contributed by atoms with van der Waals surface area (Å²) in [6.07, 6.45) is 1.65. The Labute approximate surface area is 109 Å². The molecule has 0 bridgehead atoms.